The van der Waals surface area contributed by atoms with Crippen LogP contribution in [0.3, 0.4) is 0 Å². The zero-order chi connectivity index (χ0) is 9.42. The van der Waals surface area contributed by atoms with Gasteiger partial charge in [-0.25, -0.2) is 0 Å². The van der Waals surface area contributed by atoms with Gasteiger partial charge in [-0.15, -0.1) is 0 Å². The molecule has 0 unspecified atom stereocenters. The van der Waals surface area contributed by atoms with Gasteiger partial charge in [0.1, 0.15) is 11.5 Å². The molecule has 1 fully saturated rings. The Hall–Kier alpha value is -0.116. The van der Waals surface area contributed by atoms with Crippen molar-refractivity contribution in [3.05, 3.63) is 23.8 Å². The maximum atomic E-state index is 9.47. The standard InChI is InChI=1S/C10H12O3.Y/c11-7-1-2-9(10(13)5-7)6-3-8(12)4-6;/h1-2,5-6,8,11-13H,3-4H2;. The van der Waals surface area contributed by atoms with Gasteiger partial charge in [-0.2, -0.15) is 0 Å². The van der Waals surface area contributed by atoms with Crippen LogP contribution in [0.2, 0.25) is 0 Å². The summed E-state index contributed by atoms with van der Waals surface area (Å²) in [6.45, 7) is 0. The molecule has 0 bridgehead atoms. The summed E-state index contributed by atoms with van der Waals surface area (Å²) >= 11 is 0. The van der Waals surface area contributed by atoms with Gasteiger partial charge in [-0.1, -0.05) is 6.07 Å². The molecule has 0 saturated heterocycles. The van der Waals surface area contributed by atoms with Crippen molar-refractivity contribution in [3.8, 4) is 11.5 Å². The molecular formula is C10H12O3Y. The van der Waals surface area contributed by atoms with Crippen LogP contribution in [0.15, 0.2) is 18.2 Å². The van der Waals surface area contributed by atoms with Crippen molar-refractivity contribution in [1.29, 1.82) is 0 Å². The van der Waals surface area contributed by atoms with Gasteiger partial charge in [-0.3, -0.25) is 0 Å². The number of benzene rings is 1. The summed E-state index contributed by atoms with van der Waals surface area (Å²) in [7, 11) is 0. The van der Waals surface area contributed by atoms with Crippen molar-refractivity contribution in [2.75, 3.05) is 0 Å². The van der Waals surface area contributed by atoms with E-state index in [0.29, 0.717) is 12.8 Å². The molecule has 3 N–H and O–H groups in total. The maximum Gasteiger partial charge on any atom is 0.122 e. The van der Waals surface area contributed by atoms with Gasteiger partial charge in [0.15, 0.2) is 0 Å². The Morgan fingerprint density at radius 3 is 2.29 bits per heavy atom. The monoisotopic (exact) mass is 269 g/mol. The van der Waals surface area contributed by atoms with E-state index in [9.17, 15) is 5.11 Å². The van der Waals surface area contributed by atoms with Crippen molar-refractivity contribution >= 4 is 0 Å². The molecule has 0 aliphatic heterocycles. The largest absolute Gasteiger partial charge is 0.508 e. The smallest absolute Gasteiger partial charge is 0.122 e. The summed E-state index contributed by atoms with van der Waals surface area (Å²) in [6, 6.07) is 4.60. The molecule has 1 aromatic carbocycles. The second-order valence-electron chi connectivity index (χ2n) is 3.57. The van der Waals surface area contributed by atoms with Crippen molar-refractivity contribution in [2.24, 2.45) is 0 Å². The fraction of sp³-hybridized carbons (Fsp3) is 0.400. The number of hydrogen-bond acceptors (Lipinski definition) is 3. The van der Waals surface area contributed by atoms with Crippen molar-refractivity contribution in [3.63, 3.8) is 0 Å². The van der Waals surface area contributed by atoms with Gasteiger partial charge < -0.3 is 15.3 Å². The Bertz CT molecular complexity index is 321. The van der Waals surface area contributed by atoms with E-state index in [2.05, 4.69) is 0 Å². The number of aromatic hydroxyl groups is 2. The Kier molecular flexibility index (Phi) is 3.93. The van der Waals surface area contributed by atoms with Gasteiger partial charge in [0.25, 0.3) is 0 Å². The molecule has 73 valence electrons. The first-order valence-electron chi connectivity index (χ1n) is 4.37. The third-order valence-corrected chi connectivity index (χ3v) is 2.57. The van der Waals surface area contributed by atoms with Crippen LogP contribution in [0.25, 0.3) is 0 Å². The summed E-state index contributed by atoms with van der Waals surface area (Å²) in [4.78, 5) is 0. The predicted molar refractivity (Wildman–Crippen MR) is 47.8 cm³/mol. The molecule has 0 spiro atoms. The first-order chi connectivity index (χ1) is 6.16. The second kappa shape index (κ2) is 4.60. The molecule has 1 saturated carbocycles. The van der Waals surface area contributed by atoms with E-state index in [4.69, 9.17) is 10.2 Å². The Labute approximate surface area is 108 Å². The molecule has 3 nitrogen and oxygen atoms in total. The van der Waals surface area contributed by atoms with E-state index in [1.165, 1.54) is 6.07 Å². The van der Waals surface area contributed by atoms with Gasteiger partial charge in [0, 0.05) is 38.8 Å². The topological polar surface area (TPSA) is 60.7 Å². The van der Waals surface area contributed by atoms with Crippen LogP contribution in [-0.2, 0) is 32.7 Å². The fourth-order valence-electron chi connectivity index (χ4n) is 1.72. The summed E-state index contributed by atoms with van der Waals surface area (Å²) in [5.74, 6) is 0.439. The molecule has 0 heterocycles. The minimum Gasteiger partial charge on any atom is -0.508 e. The van der Waals surface area contributed by atoms with Gasteiger partial charge in [0.2, 0.25) is 0 Å². The first-order valence-corrected chi connectivity index (χ1v) is 4.37. The fourth-order valence-corrected chi connectivity index (χ4v) is 1.72. The first kappa shape index (κ1) is 12.0. The SMILES string of the molecule is Oc1ccc(C2CC(O)C2)c(O)c1.[Y]. The molecule has 1 aliphatic rings. The summed E-state index contributed by atoms with van der Waals surface area (Å²) in [5, 5.41) is 27.6. The maximum absolute atomic E-state index is 9.47. The van der Waals surface area contributed by atoms with Crippen LogP contribution in [0, 0.1) is 0 Å². The summed E-state index contributed by atoms with van der Waals surface area (Å²) in [5.41, 5.74) is 0.822. The van der Waals surface area contributed by atoms with E-state index >= 15 is 0 Å². The Morgan fingerprint density at radius 2 is 1.79 bits per heavy atom. The van der Waals surface area contributed by atoms with E-state index in [-0.39, 0.29) is 56.2 Å². The molecule has 1 aromatic rings. The van der Waals surface area contributed by atoms with Gasteiger partial charge in [-0.05, 0) is 30.4 Å². The van der Waals surface area contributed by atoms with E-state index in [0.717, 1.165) is 5.56 Å². The van der Waals surface area contributed by atoms with E-state index in [1.807, 2.05) is 0 Å². The van der Waals surface area contributed by atoms with Crippen LogP contribution in [0.4, 0.5) is 0 Å². The number of aliphatic hydroxyl groups excluding tert-OH is 1. The molecule has 2 rings (SSSR count). The molecule has 4 heteroatoms. The van der Waals surface area contributed by atoms with Crippen molar-refractivity contribution < 1.29 is 48.0 Å². The minimum absolute atomic E-state index is 0. The number of phenolic OH excluding ortho intramolecular Hbond substituents is 2. The average molecular weight is 269 g/mol. The Morgan fingerprint density at radius 1 is 1.14 bits per heavy atom. The number of rotatable bonds is 1. The molecule has 0 amide bonds. The molecule has 1 radical (unpaired) electrons. The molecule has 0 atom stereocenters. The second-order valence-corrected chi connectivity index (χ2v) is 3.57. The quantitative estimate of drug-likeness (QED) is 0.721. The normalized spacial score (nSPS) is 24.9. The average Bonchev–Trinajstić information content (AvgIpc) is 2.00. The van der Waals surface area contributed by atoms with Crippen molar-refractivity contribution in [2.45, 2.75) is 24.9 Å². The molecule has 1 aliphatic carbocycles. The Balaban J connectivity index is 0.000000980. The van der Waals surface area contributed by atoms with Gasteiger partial charge >= 0.3 is 0 Å². The van der Waals surface area contributed by atoms with Crippen molar-refractivity contribution in [1.82, 2.24) is 0 Å². The number of hydrogen-bond donors (Lipinski definition) is 3. The van der Waals surface area contributed by atoms with Crippen LogP contribution >= 0.6 is 0 Å². The zero-order valence-electron chi connectivity index (χ0n) is 7.72. The van der Waals surface area contributed by atoms with E-state index < -0.39 is 0 Å². The number of aliphatic hydroxyl groups is 1. The van der Waals surface area contributed by atoms with Crippen LogP contribution < -0.4 is 0 Å². The van der Waals surface area contributed by atoms with E-state index in [1.54, 1.807) is 12.1 Å². The molecule has 0 aromatic heterocycles. The van der Waals surface area contributed by atoms with Gasteiger partial charge in [0.05, 0.1) is 6.10 Å². The summed E-state index contributed by atoms with van der Waals surface area (Å²) in [6.07, 6.45) is 1.19. The minimum atomic E-state index is -0.224. The zero-order valence-corrected chi connectivity index (χ0v) is 10.6. The molecular weight excluding hydrogens is 257 g/mol. The third kappa shape index (κ3) is 2.27. The van der Waals surface area contributed by atoms with Crippen LogP contribution in [0.5, 0.6) is 11.5 Å². The molecule has 14 heavy (non-hydrogen) atoms. The van der Waals surface area contributed by atoms with Crippen LogP contribution in [0.1, 0.15) is 24.3 Å². The predicted octanol–water partition coefficient (Wildman–Crippen LogP) is 1.33. The third-order valence-electron chi connectivity index (χ3n) is 2.57. The summed E-state index contributed by atoms with van der Waals surface area (Å²) < 4.78 is 0. The van der Waals surface area contributed by atoms with Crippen LogP contribution in [-0.4, -0.2) is 21.4 Å². The number of phenols is 2.